The molecule has 0 fully saturated rings. The van der Waals surface area contributed by atoms with E-state index in [-0.39, 0.29) is 16.2 Å². The molecule has 0 saturated heterocycles. The topological polar surface area (TPSA) is 21.3 Å². The average molecular weight is 554 g/mol. The van der Waals surface area contributed by atoms with E-state index >= 15 is 0 Å². The van der Waals surface area contributed by atoms with Crippen molar-refractivity contribution in [2.45, 2.75) is 78.6 Å². The van der Waals surface area contributed by atoms with Gasteiger partial charge in [0.2, 0.25) is 0 Å². The maximum absolute atomic E-state index is 6.60. The summed E-state index contributed by atoms with van der Waals surface area (Å²) in [4.78, 5) is 0. The van der Waals surface area contributed by atoms with Gasteiger partial charge >= 0.3 is 0 Å². The summed E-state index contributed by atoms with van der Waals surface area (Å²) in [5, 5.41) is 5.97. The Balaban J connectivity index is 1.41. The molecule has 5 aromatic rings. The predicted octanol–water partition coefficient (Wildman–Crippen LogP) is 11.9. The molecule has 0 amide bonds. The Morgan fingerprint density at radius 2 is 1.07 bits per heavy atom. The fourth-order valence-electron chi connectivity index (χ4n) is 5.83. The van der Waals surface area contributed by atoms with E-state index in [1.54, 1.807) is 0 Å². The van der Waals surface area contributed by atoms with Gasteiger partial charge < -0.3 is 10.1 Å². The minimum Gasteiger partial charge on any atom is -0.456 e. The number of hydrogen-bond donors (Lipinski definition) is 1. The Kier molecular flexibility index (Phi) is 6.53. The summed E-state index contributed by atoms with van der Waals surface area (Å²) in [5.41, 5.74) is 11.2. The summed E-state index contributed by atoms with van der Waals surface area (Å²) >= 11 is 0. The largest absolute Gasteiger partial charge is 0.456 e. The van der Waals surface area contributed by atoms with Gasteiger partial charge in [0.1, 0.15) is 11.5 Å². The first-order valence-electron chi connectivity index (χ1n) is 15.1. The van der Waals surface area contributed by atoms with Crippen LogP contribution >= 0.6 is 0 Å². The van der Waals surface area contributed by atoms with Crippen LogP contribution in [0.2, 0.25) is 0 Å². The fourth-order valence-corrected chi connectivity index (χ4v) is 5.83. The maximum atomic E-state index is 6.60. The molecule has 5 aromatic carbocycles. The lowest BCUT2D eigenvalue weighted by molar-refractivity contribution is 0.487. The summed E-state index contributed by atoms with van der Waals surface area (Å²) < 4.78 is 6.60. The minimum absolute atomic E-state index is 0.0603. The number of nitrogens with one attached hydrogen (secondary N) is 1. The summed E-state index contributed by atoms with van der Waals surface area (Å²) in [6.07, 6.45) is 0. The molecule has 2 nitrogen and oxygen atoms in total. The van der Waals surface area contributed by atoms with Gasteiger partial charge in [0.25, 0.3) is 0 Å². The molecular weight excluding hydrogens is 510 g/mol. The molecule has 0 aromatic heterocycles. The number of fused-ring (bicyclic) bond motifs is 2. The first-order valence-corrected chi connectivity index (χ1v) is 15.1. The summed E-state index contributed by atoms with van der Waals surface area (Å²) in [5.74, 6) is 1.79. The summed E-state index contributed by atoms with van der Waals surface area (Å²) in [7, 11) is 0. The molecule has 0 spiro atoms. The second-order valence-electron chi connectivity index (χ2n) is 14.9. The number of hydrogen-bond acceptors (Lipinski definition) is 2. The lowest BCUT2D eigenvalue weighted by Gasteiger charge is -2.27. The van der Waals surface area contributed by atoms with Crippen LogP contribution < -0.4 is 10.1 Å². The van der Waals surface area contributed by atoms with Gasteiger partial charge in [-0.2, -0.15) is 0 Å². The van der Waals surface area contributed by atoms with E-state index < -0.39 is 0 Å². The van der Waals surface area contributed by atoms with Crippen molar-refractivity contribution in [1.82, 2.24) is 0 Å². The lowest BCUT2D eigenvalue weighted by Crippen LogP contribution is -2.16. The third kappa shape index (κ3) is 5.20. The van der Waals surface area contributed by atoms with E-state index in [1.165, 1.54) is 44.2 Å². The van der Waals surface area contributed by atoms with Crippen LogP contribution in [0.3, 0.4) is 0 Å². The van der Waals surface area contributed by atoms with Crippen molar-refractivity contribution in [2.24, 2.45) is 0 Å². The van der Waals surface area contributed by atoms with Crippen molar-refractivity contribution in [3.8, 4) is 33.8 Å². The molecule has 0 bridgehead atoms. The van der Waals surface area contributed by atoms with Gasteiger partial charge in [0.05, 0.1) is 0 Å². The van der Waals surface area contributed by atoms with Gasteiger partial charge in [-0.25, -0.2) is 0 Å². The van der Waals surface area contributed by atoms with Crippen LogP contribution in [-0.2, 0) is 16.2 Å². The highest BCUT2D eigenvalue weighted by atomic mass is 16.5. The van der Waals surface area contributed by atoms with Crippen LogP contribution in [0, 0.1) is 0 Å². The SMILES string of the molecule is CC(C)(C)c1ccc(Nc2ccc3c(c2)Oc2ccc(-c4cc(C(C)(C)C)cc(C(C)(C)C)c4)c4cccc-3c24)cc1. The molecule has 0 atom stereocenters. The van der Waals surface area contributed by atoms with E-state index in [0.29, 0.717) is 0 Å². The van der Waals surface area contributed by atoms with Crippen LogP contribution in [-0.4, -0.2) is 0 Å². The van der Waals surface area contributed by atoms with Crippen molar-refractivity contribution in [2.75, 3.05) is 5.32 Å². The average Bonchev–Trinajstić information content (AvgIpc) is 2.92. The molecular formula is C40H43NO. The molecule has 0 unspecified atom stereocenters. The van der Waals surface area contributed by atoms with E-state index in [4.69, 9.17) is 4.74 Å². The number of ether oxygens (including phenoxy) is 1. The van der Waals surface area contributed by atoms with E-state index in [2.05, 4.69) is 159 Å². The minimum atomic E-state index is 0.0603. The molecule has 2 heteroatoms. The fraction of sp³-hybridized carbons (Fsp3) is 0.300. The zero-order valence-corrected chi connectivity index (χ0v) is 26.6. The van der Waals surface area contributed by atoms with Crippen molar-refractivity contribution >= 4 is 22.1 Å². The Morgan fingerprint density at radius 3 is 1.69 bits per heavy atom. The predicted molar refractivity (Wildman–Crippen MR) is 181 cm³/mol. The van der Waals surface area contributed by atoms with Gasteiger partial charge in [-0.1, -0.05) is 117 Å². The highest BCUT2D eigenvalue weighted by Crippen LogP contribution is 2.49. The van der Waals surface area contributed by atoms with Crippen LogP contribution in [0.1, 0.15) is 79.0 Å². The van der Waals surface area contributed by atoms with Crippen LogP contribution in [0.25, 0.3) is 33.0 Å². The van der Waals surface area contributed by atoms with Crippen molar-refractivity contribution in [3.63, 3.8) is 0 Å². The molecule has 0 radical (unpaired) electrons. The van der Waals surface area contributed by atoms with E-state index in [0.717, 1.165) is 28.4 Å². The Labute approximate surface area is 251 Å². The van der Waals surface area contributed by atoms with Crippen molar-refractivity contribution in [3.05, 3.63) is 108 Å². The number of benzene rings is 5. The molecule has 1 N–H and O–H groups in total. The Bertz CT molecular complexity index is 1770. The first kappa shape index (κ1) is 28.1. The van der Waals surface area contributed by atoms with Crippen molar-refractivity contribution < 1.29 is 4.74 Å². The molecule has 0 saturated carbocycles. The Morgan fingerprint density at radius 1 is 0.476 bits per heavy atom. The summed E-state index contributed by atoms with van der Waals surface area (Å²) in [6.45, 7) is 20.5. The second kappa shape index (κ2) is 9.76. The van der Waals surface area contributed by atoms with Crippen LogP contribution in [0.15, 0.2) is 91.0 Å². The first-order chi connectivity index (χ1) is 19.7. The van der Waals surface area contributed by atoms with Gasteiger partial charge in [0.15, 0.2) is 0 Å². The third-order valence-electron chi connectivity index (χ3n) is 8.51. The van der Waals surface area contributed by atoms with Gasteiger partial charge in [-0.15, -0.1) is 0 Å². The zero-order chi connectivity index (χ0) is 30.0. The molecule has 1 heterocycles. The standard InChI is InChI=1S/C40H43NO/c1-38(2,3)26-13-15-29(16-14-26)41-30-17-18-32-34-12-10-11-33-31(19-20-35(37(33)34)42-36(32)24-30)25-21-27(39(4,5)6)23-28(22-25)40(7,8)9/h10-24,41H,1-9H3. The normalized spacial score (nSPS) is 13.1. The summed E-state index contributed by atoms with van der Waals surface area (Å²) in [6, 6.07) is 33.3. The van der Waals surface area contributed by atoms with Crippen LogP contribution in [0.5, 0.6) is 11.5 Å². The lowest BCUT2D eigenvalue weighted by atomic mass is 9.78. The Hall–Kier alpha value is -4.04. The second-order valence-corrected chi connectivity index (χ2v) is 14.9. The van der Waals surface area contributed by atoms with E-state index in [9.17, 15) is 0 Å². The highest BCUT2D eigenvalue weighted by molar-refractivity contribution is 6.10. The molecule has 0 aliphatic carbocycles. The van der Waals surface area contributed by atoms with Gasteiger partial charge in [-0.3, -0.25) is 0 Å². The zero-order valence-electron chi connectivity index (χ0n) is 26.6. The third-order valence-corrected chi connectivity index (χ3v) is 8.51. The van der Waals surface area contributed by atoms with E-state index in [1.807, 2.05) is 0 Å². The van der Waals surface area contributed by atoms with Crippen LogP contribution in [0.4, 0.5) is 11.4 Å². The van der Waals surface area contributed by atoms with Gasteiger partial charge in [0, 0.05) is 28.4 Å². The number of anilines is 2. The highest BCUT2D eigenvalue weighted by Gasteiger charge is 2.25. The quantitative estimate of drug-likeness (QED) is 0.235. The maximum Gasteiger partial charge on any atom is 0.137 e. The monoisotopic (exact) mass is 553 g/mol. The molecule has 6 rings (SSSR count). The molecule has 42 heavy (non-hydrogen) atoms. The van der Waals surface area contributed by atoms with Gasteiger partial charge in [-0.05, 0) is 85.3 Å². The molecule has 1 aliphatic rings. The number of rotatable bonds is 3. The van der Waals surface area contributed by atoms with Crippen molar-refractivity contribution in [1.29, 1.82) is 0 Å². The molecule has 214 valence electrons. The molecule has 1 aliphatic heterocycles. The smallest absolute Gasteiger partial charge is 0.137 e.